The molecule has 0 saturated carbocycles. The topological polar surface area (TPSA) is 96.5 Å². The number of hydrogen-bond donors (Lipinski definition) is 2. The summed E-state index contributed by atoms with van der Waals surface area (Å²) in [4.78, 5) is 24.4. The molecule has 9 heteroatoms. The molecule has 0 fully saturated rings. The van der Waals surface area contributed by atoms with Gasteiger partial charge in [0, 0.05) is 24.2 Å². The van der Waals surface area contributed by atoms with Crippen molar-refractivity contribution in [2.24, 2.45) is 0 Å². The number of benzene rings is 1. The molecule has 0 unspecified atom stereocenters. The summed E-state index contributed by atoms with van der Waals surface area (Å²) in [5.41, 5.74) is 3.35. The largest absolute Gasteiger partial charge is 0.327 e. The third-order valence-corrected chi connectivity index (χ3v) is 5.45. The van der Waals surface area contributed by atoms with Crippen molar-refractivity contribution in [2.75, 3.05) is 5.32 Å². The van der Waals surface area contributed by atoms with E-state index in [-0.39, 0.29) is 5.91 Å². The molecule has 28 heavy (non-hydrogen) atoms. The summed E-state index contributed by atoms with van der Waals surface area (Å²) >= 11 is 7.89. The monoisotopic (exact) mass is 410 g/mol. The van der Waals surface area contributed by atoms with Crippen LogP contribution in [0.25, 0.3) is 32.5 Å². The number of pyridine rings is 1. The Labute approximate surface area is 169 Å². The Balaban J connectivity index is 1.90. The van der Waals surface area contributed by atoms with Crippen LogP contribution in [-0.2, 0) is 4.79 Å². The van der Waals surface area contributed by atoms with E-state index in [0.29, 0.717) is 16.7 Å². The normalized spacial score (nSPS) is 10.8. The fourth-order valence-corrected chi connectivity index (χ4v) is 4.09. The van der Waals surface area contributed by atoms with Gasteiger partial charge in [0.2, 0.25) is 5.91 Å². The maximum Gasteiger partial charge on any atom is 0.222 e. The highest BCUT2D eigenvalue weighted by atomic mass is 35.5. The summed E-state index contributed by atoms with van der Waals surface area (Å²) in [6.07, 6.45) is 3.24. The van der Waals surface area contributed by atoms with Crippen molar-refractivity contribution >= 4 is 34.7 Å². The molecule has 2 N–H and O–H groups in total. The van der Waals surface area contributed by atoms with E-state index in [0.717, 1.165) is 32.3 Å². The standard InChI is InChI=1S/C19H15ClN6OS/c1-10-8-21-15(24-11(2)27)7-13(10)19-25-16(12-5-3-4-6-14(12)20)17(28-19)18-22-9-23-26-18/h3-9H,1-2H3,(H,21,24,27)(H,22,23,26). The zero-order chi connectivity index (χ0) is 19.7. The minimum absolute atomic E-state index is 0.180. The van der Waals surface area contributed by atoms with Crippen LogP contribution in [-0.4, -0.2) is 31.1 Å². The smallest absolute Gasteiger partial charge is 0.222 e. The molecule has 140 valence electrons. The first-order valence-electron chi connectivity index (χ1n) is 8.39. The number of aryl methyl sites for hydroxylation is 1. The molecule has 4 aromatic rings. The zero-order valence-electron chi connectivity index (χ0n) is 15.0. The lowest BCUT2D eigenvalue weighted by atomic mass is 10.1. The number of aromatic amines is 1. The molecule has 1 amide bonds. The van der Waals surface area contributed by atoms with E-state index >= 15 is 0 Å². The van der Waals surface area contributed by atoms with Gasteiger partial charge in [0.25, 0.3) is 0 Å². The second kappa shape index (κ2) is 7.49. The molecule has 3 heterocycles. The van der Waals surface area contributed by atoms with E-state index in [2.05, 4.69) is 25.5 Å². The Morgan fingerprint density at radius 2 is 2.07 bits per heavy atom. The van der Waals surface area contributed by atoms with Crippen molar-refractivity contribution in [2.45, 2.75) is 13.8 Å². The van der Waals surface area contributed by atoms with Gasteiger partial charge in [-0.3, -0.25) is 4.79 Å². The Morgan fingerprint density at radius 3 is 2.79 bits per heavy atom. The molecule has 4 rings (SSSR count). The fourth-order valence-electron chi connectivity index (χ4n) is 2.75. The zero-order valence-corrected chi connectivity index (χ0v) is 16.6. The molecule has 0 aliphatic carbocycles. The van der Waals surface area contributed by atoms with Crippen LogP contribution in [0.1, 0.15) is 12.5 Å². The van der Waals surface area contributed by atoms with E-state index in [9.17, 15) is 4.79 Å². The lowest BCUT2D eigenvalue weighted by Gasteiger charge is -2.06. The predicted octanol–water partition coefficient (Wildman–Crippen LogP) is 4.58. The maximum atomic E-state index is 11.4. The third-order valence-electron chi connectivity index (χ3n) is 4.03. The van der Waals surface area contributed by atoms with Gasteiger partial charge in [-0.05, 0) is 24.6 Å². The molecule has 7 nitrogen and oxygen atoms in total. The minimum Gasteiger partial charge on any atom is -0.327 e. The second-order valence-corrected chi connectivity index (χ2v) is 7.49. The molecule has 0 radical (unpaired) electrons. The van der Waals surface area contributed by atoms with E-state index in [1.54, 1.807) is 6.20 Å². The number of thiazole rings is 1. The summed E-state index contributed by atoms with van der Waals surface area (Å²) in [5, 5.41) is 12.1. The Bertz CT molecular complexity index is 1160. The van der Waals surface area contributed by atoms with Crippen LogP contribution in [0, 0.1) is 6.92 Å². The van der Waals surface area contributed by atoms with Crippen LogP contribution < -0.4 is 5.32 Å². The van der Waals surface area contributed by atoms with Crippen molar-refractivity contribution < 1.29 is 4.79 Å². The predicted molar refractivity (Wildman–Crippen MR) is 110 cm³/mol. The molecule has 3 aromatic heterocycles. The number of nitrogens with one attached hydrogen (secondary N) is 2. The van der Waals surface area contributed by atoms with Gasteiger partial charge < -0.3 is 10.3 Å². The number of halogens is 1. The number of H-pyrrole nitrogens is 1. The number of carbonyl (C=O) groups excluding carboxylic acids is 1. The van der Waals surface area contributed by atoms with E-state index in [1.165, 1.54) is 24.6 Å². The average molecular weight is 411 g/mol. The molecule has 1 aromatic carbocycles. The summed E-state index contributed by atoms with van der Waals surface area (Å²) in [7, 11) is 0. The van der Waals surface area contributed by atoms with Crippen molar-refractivity contribution in [1.82, 2.24) is 25.1 Å². The number of amides is 1. The van der Waals surface area contributed by atoms with E-state index < -0.39 is 0 Å². The van der Waals surface area contributed by atoms with Gasteiger partial charge >= 0.3 is 0 Å². The van der Waals surface area contributed by atoms with E-state index in [4.69, 9.17) is 16.6 Å². The van der Waals surface area contributed by atoms with Crippen molar-refractivity contribution in [3.05, 3.63) is 53.4 Å². The molecule has 0 spiro atoms. The van der Waals surface area contributed by atoms with Crippen LogP contribution in [0.15, 0.2) is 42.9 Å². The Kier molecular flexibility index (Phi) is 4.89. The van der Waals surface area contributed by atoms with Gasteiger partial charge in [0.05, 0.1) is 10.7 Å². The lowest BCUT2D eigenvalue weighted by Crippen LogP contribution is -2.07. The molecule has 0 saturated heterocycles. The highest BCUT2D eigenvalue weighted by molar-refractivity contribution is 7.18. The summed E-state index contributed by atoms with van der Waals surface area (Å²) < 4.78 is 0. The minimum atomic E-state index is -0.180. The number of anilines is 1. The van der Waals surface area contributed by atoms with Gasteiger partial charge in [-0.2, -0.15) is 0 Å². The molecule has 0 aliphatic rings. The maximum absolute atomic E-state index is 11.4. The highest BCUT2D eigenvalue weighted by Gasteiger charge is 2.21. The van der Waals surface area contributed by atoms with Crippen LogP contribution in [0.2, 0.25) is 5.02 Å². The first kappa shape index (κ1) is 18.3. The SMILES string of the molecule is CC(=O)Nc1cc(-c2nc(-c3ccccc3Cl)c(-c3nnc[nH]3)s2)c(C)cn1. The number of hydrogen-bond acceptors (Lipinski definition) is 6. The molecule has 0 aliphatic heterocycles. The summed E-state index contributed by atoms with van der Waals surface area (Å²) in [5.74, 6) is 0.914. The average Bonchev–Trinajstić information content (AvgIpc) is 3.32. The van der Waals surface area contributed by atoms with Crippen molar-refractivity contribution in [3.8, 4) is 32.5 Å². The lowest BCUT2D eigenvalue weighted by molar-refractivity contribution is -0.114. The highest BCUT2D eigenvalue weighted by Crippen LogP contribution is 2.42. The van der Waals surface area contributed by atoms with Gasteiger partial charge in [-0.1, -0.05) is 29.8 Å². The molecule has 0 bridgehead atoms. The molecular formula is C19H15ClN6OS. The Morgan fingerprint density at radius 1 is 1.25 bits per heavy atom. The van der Waals surface area contributed by atoms with Gasteiger partial charge in [0.1, 0.15) is 22.0 Å². The first-order chi connectivity index (χ1) is 13.5. The van der Waals surface area contributed by atoms with Crippen LogP contribution in [0.3, 0.4) is 0 Å². The van der Waals surface area contributed by atoms with Gasteiger partial charge in [-0.15, -0.1) is 21.5 Å². The van der Waals surface area contributed by atoms with Crippen molar-refractivity contribution in [1.29, 1.82) is 0 Å². The van der Waals surface area contributed by atoms with E-state index in [1.807, 2.05) is 37.3 Å². The number of rotatable bonds is 4. The Hall–Kier alpha value is -3.10. The number of aromatic nitrogens is 5. The van der Waals surface area contributed by atoms with Gasteiger partial charge in [0.15, 0.2) is 5.82 Å². The number of nitrogens with zero attached hydrogens (tertiary/aromatic N) is 4. The second-order valence-electron chi connectivity index (χ2n) is 6.08. The van der Waals surface area contributed by atoms with Crippen LogP contribution in [0.4, 0.5) is 5.82 Å². The quantitative estimate of drug-likeness (QED) is 0.513. The van der Waals surface area contributed by atoms with Gasteiger partial charge in [-0.25, -0.2) is 9.97 Å². The van der Waals surface area contributed by atoms with Crippen LogP contribution >= 0.6 is 22.9 Å². The van der Waals surface area contributed by atoms with Crippen molar-refractivity contribution in [3.63, 3.8) is 0 Å². The molecular weight excluding hydrogens is 396 g/mol. The summed E-state index contributed by atoms with van der Waals surface area (Å²) in [6.45, 7) is 3.40. The third kappa shape index (κ3) is 3.51. The summed E-state index contributed by atoms with van der Waals surface area (Å²) in [6, 6.07) is 9.35. The fraction of sp³-hybridized carbons (Fsp3) is 0.105. The first-order valence-corrected chi connectivity index (χ1v) is 9.59. The number of carbonyl (C=O) groups is 1. The van der Waals surface area contributed by atoms with Crippen LogP contribution in [0.5, 0.6) is 0 Å². The molecule has 0 atom stereocenters.